The third-order valence-corrected chi connectivity index (χ3v) is 6.93. The largest absolute Gasteiger partial charge is 0.492 e. The Kier molecular flexibility index (Phi) is 5.98. The molecule has 1 saturated carbocycles. The normalized spacial score (nSPS) is 20.5. The molecule has 2 aromatic carbocycles. The molecule has 6 nitrogen and oxygen atoms in total. The SMILES string of the molecule is CN(CCOc1ccc2c(ccc3occ([C@H]4CCC(=O)CC4=O)c32)c1)C1CCOCC1. The van der Waals surface area contributed by atoms with Gasteiger partial charge in [-0.1, -0.05) is 6.07 Å². The van der Waals surface area contributed by atoms with Crippen LogP contribution in [0.4, 0.5) is 0 Å². The molecule has 3 aromatic rings. The highest BCUT2D eigenvalue weighted by Gasteiger charge is 2.31. The Hall–Kier alpha value is -2.70. The van der Waals surface area contributed by atoms with Gasteiger partial charge >= 0.3 is 0 Å². The fourth-order valence-electron chi connectivity index (χ4n) is 5.03. The van der Waals surface area contributed by atoms with E-state index in [-0.39, 0.29) is 23.9 Å². The minimum absolute atomic E-state index is 0.00504. The standard InChI is InChI=1S/C26H29NO5/c1-27(18-8-11-30-12-9-18)10-13-31-20-4-6-21-17(14-20)2-7-25-26(21)23(16-32-25)22-5-3-19(28)15-24(22)29/h2,4,6-7,14,16,18,22H,3,5,8-13,15H2,1H3/t22-/m1/s1. The van der Waals surface area contributed by atoms with Crippen molar-refractivity contribution >= 4 is 33.3 Å². The minimum Gasteiger partial charge on any atom is -0.492 e. The zero-order chi connectivity index (χ0) is 22.1. The number of fused-ring (bicyclic) bond motifs is 3. The van der Waals surface area contributed by atoms with Crippen LogP contribution in [0.2, 0.25) is 0 Å². The summed E-state index contributed by atoms with van der Waals surface area (Å²) >= 11 is 0. The van der Waals surface area contributed by atoms with Crippen LogP contribution in [0.15, 0.2) is 41.0 Å². The first kappa shape index (κ1) is 21.2. The van der Waals surface area contributed by atoms with Crippen molar-refractivity contribution in [1.29, 1.82) is 0 Å². The maximum absolute atomic E-state index is 12.5. The number of rotatable bonds is 6. The van der Waals surface area contributed by atoms with Gasteiger partial charge in [0.15, 0.2) is 0 Å². The second-order valence-electron chi connectivity index (χ2n) is 8.96. The van der Waals surface area contributed by atoms with Crippen LogP contribution in [0, 0.1) is 0 Å². The number of carbonyl (C=O) groups is 2. The summed E-state index contributed by atoms with van der Waals surface area (Å²) in [7, 11) is 2.15. The summed E-state index contributed by atoms with van der Waals surface area (Å²) in [6.07, 6.45) is 4.89. The van der Waals surface area contributed by atoms with E-state index in [1.54, 1.807) is 6.26 Å². The predicted molar refractivity (Wildman–Crippen MR) is 122 cm³/mol. The van der Waals surface area contributed by atoms with Gasteiger partial charge in [0, 0.05) is 49.1 Å². The highest BCUT2D eigenvalue weighted by molar-refractivity contribution is 6.11. The van der Waals surface area contributed by atoms with E-state index in [0.717, 1.165) is 65.7 Å². The van der Waals surface area contributed by atoms with E-state index in [9.17, 15) is 9.59 Å². The summed E-state index contributed by atoms with van der Waals surface area (Å²) < 4.78 is 17.3. The number of hydrogen-bond donors (Lipinski definition) is 0. The molecule has 2 fully saturated rings. The molecule has 0 amide bonds. The molecule has 0 spiro atoms. The molecule has 1 aliphatic heterocycles. The van der Waals surface area contributed by atoms with Gasteiger partial charge in [-0.15, -0.1) is 0 Å². The summed E-state index contributed by atoms with van der Waals surface area (Å²) in [4.78, 5) is 26.5. The lowest BCUT2D eigenvalue weighted by Gasteiger charge is -2.31. The van der Waals surface area contributed by atoms with E-state index in [1.807, 2.05) is 30.3 Å². The lowest BCUT2D eigenvalue weighted by atomic mass is 9.81. The summed E-state index contributed by atoms with van der Waals surface area (Å²) in [5.74, 6) is 0.598. The van der Waals surface area contributed by atoms with Gasteiger partial charge in [-0.3, -0.25) is 14.5 Å². The minimum atomic E-state index is -0.267. The molecule has 0 N–H and O–H groups in total. The maximum atomic E-state index is 12.5. The molecular weight excluding hydrogens is 406 g/mol. The Bertz CT molecular complexity index is 1140. The van der Waals surface area contributed by atoms with E-state index in [4.69, 9.17) is 13.9 Å². The summed E-state index contributed by atoms with van der Waals surface area (Å²) in [5, 5.41) is 3.07. The van der Waals surface area contributed by atoms with Gasteiger partial charge in [-0.25, -0.2) is 0 Å². The lowest BCUT2D eigenvalue weighted by Crippen LogP contribution is -2.38. The van der Waals surface area contributed by atoms with Crippen LogP contribution in [-0.2, 0) is 14.3 Å². The topological polar surface area (TPSA) is 69.0 Å². The van der Waals surface area contributed by atoms with E-state index in [1.165, 1.54) is 0 Å². The quantitative estimate of drug-likeness (QED) is 0.532. The smallest absolute Gasteiger partial charge is 0.147 e. The van der Waals surface area contributed by atoms with Crippen molar-refractivity contribution in [1.82, 2.24) is 4.90 Å². The summed E-state index contributed by atoms with van der Waals surface area (Å²) in [6.45, 7) is 3.18. The Morgan fingerprint density at radius 1 is 1.09 bits per heavy atom. The zero-order valence-electron chi connectivity index (χ0n) is 18.5. The molecule has 1 aliphatic carbocycles. The van der Waals surface area contributed by atoms with Crippen molar-refractivity contribution in [2.75, 3.05) is 33.4 Å². The number of carbonyl (C=O) groups excluding carboxylic acids is 2. The summed E-state index contributed by atoms with van der Waals surface area (Å²) in [6, 6.07) is 10.6. The number of ketones is 2. The number of Topliss-reactive ketones (excluding diaryl/α,β-unsaturated/α-hetero) is 2. The van der Waals surface area contributed by atoms with Crippen molar-refractivity contribution in [2.45, 2.75) is 44.1 Å². The van der Waals surface area contributed by atoms with Crippen LogP contribution >= 0.6 is 0 Å². The Morgan fingerprint density at radius 2 is 1.94 bits per heavy atom. The highest BCUT2D eigenvalue weighted by atomic mass is 16.5. The van der Waals surface area contributed by atoms with Crippen molar-refractivity contribution in [3.05, 3.63) is 42.2 Å². The number of likely N-dealkylation sites (N-methyl/N-ethyl adjacent to an activating group) is 1. The average molecular weight is 436 g/mol. The van der Waals surface area contributed by atoms with Crippen molar-refractivity contribution in [3.8, 4) is 5.75 Å². The summed E-state index contributed by atoms with van der Waals surface area (Å²) in [5.41, 5.74) is 1.67. The second kappa shape index (κ2) is 9.04. The first-order valence-electron chi connectivity index (χ1n) is 11.5. The van der Waals surface area contributed by atoms with Crippen LogP contribution in [0.3, 0.4) is 0 Å². The van der Waals surface area contributed by atoms with Crippen LogP contribution in [-0.4, -0.2) is 55.9 Å². The third-order valence-electron chi connectivity index (χ3n) is 6.93. The Labute approximate surface area is 187 Å². The number of ether oxygens (including phenoxy) is 2. The van der Waals surface area contributed by atoms with Gasteiger partial charge in [0.25, 0.3) is 0 Å². The third kappa shape index (κ3) is 4.17. The zero-order valence-corrected chi connectivity index (χ0v) is 18.5. The second-order valence-corrected chi connectivity index (χ2v) is 8.96. The van der Waals surface area contributed by atoms with Crippen LogP contribution in [0.5, 0.6) is 5.75 Å². The first-order chi connectivity index (χ1) is 15.6. The molecule has 1 atom stereocenters. The Balaban J connectivity index is 1.34. The van der Waals surface area contributed by atoms with Crippen LogP contribution in [0.1, 0.15) is 43.6 Å². The molecule has 1 saturated heterocycles. The predicted octanol–water partition coefficient (Wildman–Crippen LogP) is 4.48. The molecule has 0 unspecified atom stereocenters. The van der Waals surface area contributed by atoms with Gasteiger partial charge in [0.2, 0.25) is 0 Å². The van der Waals surface area contributed by atoms with Crippen molar-refractivity contribution in [3.63, 3.8) is 0 Å². The molecule has 6 heteroatoms. The van der Waals surface area contributed by atoms with Gasteiger partial charge in [0.05, 0.1) is 12.7 Å². The molecule has 5 rings (SSSR count). The molecule has 2 aliphatic rings. The Morgan fingerprint density at radius 3 is 2.75 bits per heavy atom. The fourth-order valence-corrected chi connectivity index (χ4v) is 5.03. The van der Waals surface area contributed by atoms with Crippen LogP contribution in [0.25, 0.3) is 21.7 Å². The molecule has 168 valence electrons. The van der Waals surface area contributed by atoms with Crippen LogP contribution < -0.4 is 4.74 Å². The van der Waals surface area contributed by atoms with Gasteiger partial charge in [-0.05, 0) is 61.3 Å². The van der Waals surface area contributed by atoms with Gasteiger partial charge in [0.1, 0.15) is 29.5 Å². The fraction of sp³-hybridized carbons (Fsp3) is 0.462. The van der Waals surface area contributed by atoms with Crippen molar-refractivity contribution in [2.24, 2.45) is 0 Å². The first-order valence-corrected chi connectivity index (χ1v) is 11.5. The number of hydrogen-bond acceptors (Lipinski definition) is 6. The average Bonchev–Trinajstić information content (AvgIpc) is 3.24. The van der Waals surface area contributed by atoms with E-state index >= 15 is 0 Å². The monoisotopic (exact) mass is 435 g/mol. The molecule has 0 bridgehead atoms. The van der Waals surface area contributed by atoms with Gasteiger partial charge in [-0.2, -0.15) is 0 Å². The molecule has 2 heterocycles. The van der Waals surface area contributed by atoms with E-state index in [2.05, 4.69) is 11.9 Å². The van der Waals surface area contributed by atoms with E-state index < -0.39 is 0 Å². The number of nitrogens with zero attached hydrogens (tertiary/aromatic N) is 1. The maximum Gasteiger partial charge on any atom is 0.147 e. The highest BCUT2D eigenvalue weighted by Crippen LogP contribution is 2.39. The molecule has 0 radical (unpaired) electrons. The molecule has 1 aromatic heterocycles. The number of furan rings is 1. The number of benzene rings is 2. The van der Waals surface area contributed by atoms with Gasteiger partial charge < -0.3 is 13.9 Å². The van der Waals surface area contributed by atoms with Crippen molar-refractivity contribution < 1.29 is 23.5 Å². The molecule has 32 heavy (non-hydrogen) atoms. The van der Waals surface area contributed by atoms with E-state index in [0.29, 0.717) is 25.5 Å². The lowest BCUT2D eigenvalue weighted by molar-refractivity contribution is -0.130. The molecular formula is C26H29NO5.